The van der Waals surface area contributed by atoms with Crippen LogP contribution < -0.4 is 0 Å². The molecule has 0 aliphatic heterocycles. The lowest BCUT2D eigenvalue weighted by atomic mass is 10.0. The van der Waals surface area contributed by atoms with Gasteiger partial charge in [-0.15, -0.1) is 0 Å². The molecule has 0 spiro atoms. The van der Waals surface area contributed by atoms with Crippen molar-refractivity contribution in [2.24, 2.45) is 0 Å². The first kappa shape index (κ1) is 39.9. The highest BCUT2D eigenvalue weighted by molar-refractivity contribution is 4.56. The normalized spacial score (nSPS) is 12.4. The summed E-state index contributed by atoms with van der Waals surface area (Å²) in [6, 6.07) is 0. The van der Waals surface area contributed by atoms with Gasteiger partial charge in [0.25, 0.3) is 0 Å². The van der Waals surface area contributed by atoms with E-state index in [-0.39, 0.29) is 6.10 Å². The lowest BCUT2D eigenvalue weighted by molar-refractivity contribution is 0.0297. The predicted octanol–water partition coefficient (Wildman–Crippen LogP) is 13.3. The van der Waals surface area contributed by atoms with Crippen molar-refractivity contribution in [3.63, 3.8) is 0 Å². The minimum atomic E-state index is -0.257. The molecular formula is C38H78O2. The quantitative estimate of drug-likeness (QED) is 0.0764. The summed E-state index contributed by atoms with van der Waals surface area (Å²) in [4.78, 5) is 0. The summed E-state index contributed by atoms with van der Waals surface area (Å²) in [6.07, 6.45) is 45.5. The number of aliphatic hydroxyl groups is 1. The molecule has 0 heterocycles. The number of ether oxygens (including phenoxy) is 1. The molecule has 0 aliphatic rings. The summed E-state index contributed by atoms with van der Waals surface area (Å²) in [5, 5.41) is 10.2. The van der Waals surface area contributed by atoms with E-state index >= 15 is 0 Å². The van der Waals surface area contributed by atoms with Gasteiger partial charge in [0.2, 0.25) is 0 Å². The van der Waals surface area contributed by atoms with Gasteiger partial charge in [0, 0.05) is 6.61 Å². The van der Waals surface area contributed by atoms with E-state index in [0.29, 0.717) is 6.61 Å². The van der Waals surface area contributed by atoms with E-state index in [1.807, 2.05) is 0 Å². The van der Waals surface area contributed by atoms with E-state index in [4.69, 9.17) is 4.74 Å². The van der Waals surface area contributed by atoms with E-state index in [9.17, 15) is 5.11 Å². The molecule has 2 nitrogen and oxygen atoms in total. The highest BCUT2D eigenvalue weighted by Gasteiger charge is 2.04. The van der Waals surface area contributed by atoms with Crippen molar-refractivity contribution in [1.82, 2.24) is 0 Å². The van der Waals surface area contributed by atoms with Crippen LogP contribution in [0.5, 0.6) is 0 Å². The first-order valence-corrected chi connectivity index (χ1v) is 19.1. The molecule has 0 aromatic heterocycles. The molecule has 0 amide bonds. The van der Waals surface area contributed by atoms with Gasteiger partial charge < -0.3 is 9.84 Å². The molecule has 0 fully saturated rings. The van der Waals surface area contributed by atoms with Crippen molar-refractivity contribution in [3.8, 4) is 0 Å². The molecule has 0 radical (unpaired) electrons. The molecule has 242 valence electrons. The maximum Gasteiger partial charge on any atom is 0.0773 e. The van der Waals surface area contributed by atoms with Crippen molar-refractivity contribution in [2.75, 3.05) is 13.2 Å². The fraction of sp³-hybridized carbons (Fsp3) is 1.00. The van der Waals surface area contributed by atoms with Gasteiger partial charge in [-0.25, -0.2) is 0 Å². The summed E-state index contributed by atoms with van der Waals surface area (Å²) in [5.74, 6) is 0. The lowest BCUT2D eigenvalue weighted by Gasteiger charge is -2.11. The van der Waals surface area contributed by atoms with Gasteiger partial charge in [0.1, 0.15) is 0 Å². The number of hydrogen-bond donors (Lipinski definition) is 1. The molecule has 0 rings (SSSR count). The summed E-state index contributed by atoms with van der Waals surface area (Å²) < 4.78 is 5.74. The molecule has 1 unspecified atom stereocenters. The third-order valence-corrected chi connectivity index (χ3v) is 8.84. The molecule has 0 saturated heterocycles. The van der Waals surface area contributed by atoms with Crippen LogP contribution in [0.4, 0.5) is 0 Å². The van der Waals surface area contributed by atoms with Crippen LogP contribution >= 0.6 is 0 Å². The van der Waals surface area contributed by atoms with Crippen molar-refractivity contribution in [1.29, 1.82) is 0 Å². The average Bonchev–Trinajstić information content (AvgIpc) is 2.96. The zero-order chi connectivity index (χ0) is 29.0. The van der Waals surface area contributed by atoms with Crippen LogP contribution in [0.15, 0.2) is 0 Å². The summed E-state index contributed by atoms with van der Waals surface area (Å²) in [6.45, 7) is 5.96. The molecule has 2 heteroatoms. The lowest BCUT2D eigenvalue weighted by Crippen LogP contribution is -2.15. The minimum absolute atomic E-state index is 0.257. The molecule has 1 atom stereocenters. The van der Waals surface area contributed by atoms with Crippen molar-refractivity contribution in [2.45, 2.75) is 232 Å². The zero-order valence-corrected chi connectivity index (χ0v) is 28.2. The van der Waals surface area contributed by atoms with Crippen molar-refractivity contribution in [3.05, 3.63) is 0 Å². The topological polar surface area (TPSA) is 29.5 Å². The van der Waals surface area contributed by atoms with Crippen LogP contribution in [0.3, 0.4) is 0 Å². The molecule has 0 aliphatic carbocycles. The molecule has 1 N–H and O–H groups in total. The van der Waals surface area contributed by atoms with Crippen LogP contribution in [0.25, 0.3) is 0 Å². The third kappa shape index (κ3) is 35.9. The molecule has 0 saturated carbocycles. The largest absolute Gasteiger partial charge is 0.391 e. The fourth-order valence-corrected chi connectivity index (χ4v) is 5.98. The second-order valence-corrected chi connectivity index (χ2v) is 13.1. The van der Waals surface area contributed by atoms with E-state index in [0.717, 1.165) is 25.9 Å². The van der Waals surface area contributed by atoms with E-state index in [2.05, 4.69) is 13.8 Å². The Morgan fingerprint density at radius 2 is 0.600 bits per heavy atom. The predicted molar refractivity (Wildman–Crippen MR) is 181 cm³/mol. The third-order valence-electron chi connectivity index (χ3n) is 8.84. The van der Waals surface area contributed by atoms with Gasteiger partial charge in [-0.3, -0.25) is 0 Å². The molecule has 0 aromatic rings. The minimum Gasteiger partial charge on any atom is -0.391 e. The van der Waals surface area contributed by atoms with Gasteiger partial charge in [0.15, 0.2) is 0 Å². The van der Waals surface area contributed by atoms with Crippen LogP contribution in [-0.4, -0.2) is 24.4 Å². The van der Waals surface area contributed by atoms with E-state index < -0.39 is 0 Å². The molecular weight excluding hydrogens is 488 g/mol. The van der Waals surface area contributed by atoms with Gasteiger partial charge >= 0.3 is 0 Å². The maximum absolute atomic E-state index is 10.2. The Labute approximate surface area is 254 Å². The monoisotopic (exact) mass is 567 g/mol. The van der Waals surface area contributed by atoms with Crippen molar-refractivity contribution >= 4 is 0 Å². The number of rotatable bonds is 36. The average molecular weight is 567 g/mol. The Kier molecular flexibility index (Phi) is 36.9. The van der Waals surface area contributed by atoms with Gasteiger partial charge in [-0.2, -0.15) is 0 Å². The maximum atomic E-state index is 10.2. The van der Waals surface area contributed by atoms with E-state index in [1.165, 1.54) is 193 Å². The van der Waals surface area contributed by atoms with Gasteiger partial charge in [-0.05, 0) is 12.8 Å². The highest BCUT2D eigenvalue weighted by Crippen LogP contribution is 2.16. The Morgan fingerprint density at radius 3 is 0.900 bits per heavy atom. The Morgan fingerprint density at radius 1 is 0.350 bits per heavy atom. The first-order chi connectivity index (χ1) is 19.8. The van der Waals surface area contributed by atoms with Crippen LogP contribution in [0.1, 0.15) is 226 Å². The van der Waals surface area contributed by atoms with Crippen LogP contribution in [0, 0.1) is 0 Å². The first-order valence-electron chi connectivity index (χ1n) is 19.1. The second kappa shape index (κ2) is 36.9. The Balaban J connectivity index is 3.13. The van der Waals surface area contributed by atoms with Gasteiger partial charge in [0.05, 0.1) is 12.7 Å². The van der Waals surface area contributed by atoms with Crippen LogP contribution in [0.2, 0.25) is 0 Å². The van der Waals surface area contributed by atoms with Gasteiger partial charge in [-0.1, -0.05) is 213 Å². The van der Waals surface area contributed by atoms with Crippen molar-refractivity contribution < 1.29 is 9.84 Å². The zero-order valence-electron chi connectivity index (χ0n) is 28.2. The molecule has 0 aromatic carbocycles. The standard InChI is InChI=1S/C38H78O2/c1-3-5-7-9-11-13-15-17-19-21-23-25-27-29-31-33-35-38(39)37-40-36-34-32-30-28-26-24-22-20-18-16-14-12-10-8-6-4-2/h38-39H,3-37H2,1-2H3. The fourth-order valence-electron chi connectivity index (χ4n) is 5.98. The molecule has 0 bridgehead atoms. The number of aliphatic hydroxyl groups excluding tert-OH is 1. The SMILES string of the molecule is CCCCCCCCCCCCCCCCCCOCC(O)CCCCCCCCCCCCCCCCCC. The Bertz CT molecular complexity index is 424. The molecule has 40 heavy (non-hydrogen) atoms. The van der Waals surface area contributed by atoms with E-state index in [1.54, 1.807) is 0 Å². The summed E-state index contributed by atoms with van der Waals surface area (Å²) >= 11 is 0. The highest BCUT2D eigenvalue weighted by atomic mass is 16.5. The Hall–Kier alpha value is -0.0800. The summed E-state index contributed by atoms with van der Waals surface area (Å²) in [7, 11) is 0. The summed E-state index contributed by atoms with van der Waals surface area (Å²) in [5.41, 5.74) is 0. The smallest absolute Gasteiger partial charge is 0.0773 e. The van der Waals surface area contributed by atoms with Crippen LogP contribution in [-0.2, 0) is 4.74 Å². The number of hydrogen-bond acceptors (Lipinski definition) is 2. The number of unbranched alkanes of at least 4 members (excludes halogenated alkanes) is 30. The second-order valence-electron chi connectivity index (χ2n) is 13.1.